The van der Waals surface area contributed by atoms with Crippen LogP contribution >= 0.6 is 0 Å². The van der Waals surface area contributed by atoms with Crippen molar-refractivity contribution in [2.75, 3.05) is 11.9 Å². The molecule has 2 rings (SSSR count). The lowest BCUT2D eigenvalue weighted by Crippen LogP contribution is -2.15. The molecule has 2 aromatic rings. The summed E-state index contributed by atoms with van der Waals surface area (Å²) in [7, 11) is 0. The number of nitro groups is 1. The van der Waals surface area contributed by atoms with E-state index in [9.17, 15) is 14.9 Å². The number of rotatable bonds is 5. The van der Waals surface area contributed by atoms with Crippen molar-refractivity contribution in [1.29, 1.82) is 0 Å². The number of hydrogen-bond acceptors (Lipinski definition) is 5. The lowest BCUT2D eigenvalue weighted by molar-refractivity contribution is -0.385. The highest BCUT2D eigenvalue weighted by Gasteiger charge is 2.19. The number of pyridine rings is 1. The first-order valence-corrected chi connectivity index (χ1v) is 6.67. The highest BCUT2D eigenvalue weighted by Crippen LogP contribution is 2.24. The lowest BCUT2D eigenvalue weighted by Gasteiger charge is -2.11. The Bertz CT molecular complexity index is 716. The van der Waals surface area contributed by atoms with E-state index in [2.05, 4.69) is 10.3 Å². The van der Waals surface area contributed by atoms with Crippen LogP contribution in [0.3, 0.4) is 0 Å². The van der Waals surface area contributed by atoms with E-state index in [1.165, 1.54) is 31.3 Å². The fourth-order valence-corrected chi connectivity index (χ4v) is 2.00. The quantitative estimate of drug-likeness (QED) is 0.676. The van der Waals surface area contributed by atoms with Crippen molar-refractivity contribution in [3.63, 3.8) is 0 Å². The van der Waals surface area contributed by atoms with Crippen molar-refractivity contribution in [2.24, 2.45) is 0 Å². The first kappa shape index (κ1) is 15.4. The number of amides is 1. The summed E-state index contributed by atoms with van der Waals surface area (Å²) in [6, 6.07) is 7.74. The molecule has 0 radical (unpaired) electrons. The van der Waals surface area contributed by atoms with Crippen LogP contribution in [0.25, 0.3) is 0 Å². The van der Waals surface area contributed by atoms with Gasteiger partial charge in [0.1, 0.15) is 0 Å². The Balaban J connectivity index is 2.31. The second kappa shape index (κ2) is 6.66. The number of ether oxygens (including phenoxy) is 1. The summed E-state index contributed by atoms with van der Waals surface area (Å²) in [6.45, 7) is 3.79. The van der Waals surface area contributed by atoms with Crippen molar-refractivity contribution in [3.8, 4) is 5.75 Å². The number of anilines is 1. The fraction of sp³-hybridized carbons (Fsp3) is 0.200. The minimum Gasteiger partial charge on any atom is -0.490 e. The molecule has 7 heteroatoms. The molecule has 0 unspecified atom stereocenters. The maximum Gasteiger partial charge on any atom is 0.273 e. The van der Waals surface area contributed by atoms with Gasteiger partial charge in [-0.3, -0.25) is 14.9 Å². The molecule has 0 aliphatic heterocycles. The molecule has 0 saturated carbocycles. The van der Waals surface area contributed by atoms with Crippen molar-refractivity contribution in [1.82, 2.24) is 4.98 Å². The maximum absolute atomic E-state index is 12.3. The maximum atomic E-state index is 12.3. The molecule has 1 N–H and O–H groups in total. The number of carbonyl (C=O) groups excluding carboxylic acids is 1. The van der Waals surface area contributed by atoms with E-state index in [-0.39, 0.29) is 17.1 Å². The zero-order valence-corrected chi connectivity index (χ0v) is 12.2. The van der Waals surface area contributed by atoms with Crippen molar-refractivity contribution < 1.29 is 14.5 Å². The van der Waals surface area contributed by atoms with Gasteiger partial charge in [-0.15, -0.1) is 0 Å². The summed E-state index contributed by atoms with van der Waals surface area (Å²) in [5.74, 6) is 0.252. The van der Waals surface area contributed by atoms with Crippen LogP contribution in [0.5, 0.6) is 5.75 Å². The molecule has 0 saturated heterocycles. The van der Waals surface area contributed by atoms with Gasteiger partial charge in [0.15, 0.2) is 11.6 Å². The van der Waals surface area contributed by atoms with Gasteiger partial charge in [-0.05, 0) is 32.0 Å². The third-order valence-electron chi connectivity index (χ3n) is 3.05. The predicted octanol–water partition coefficient (Wildman–Crippen LogP) is 2.95. The van der Waals surface area contributed by atoms with Gasteiger partial charge in [0.25, 0.3) is 11.6 Å². The van der Waals surface area contributed by atoms with Crippen LogP contribution in [0.4, 0.5) is 11.5 Å². The molecule has 1 heterocycles. The van der Waals surface area contributed by atoms with E-state index in [1.54, 1.807) is 12.1 Å². The van der Waals surface area contributed by atoms with Gasteiger partial charge in [0, 0.05) is 23.4 Å². The standard InChI is InChI=1S/C15H15N3O4/c1-3-22-13-8-5-9-16-14(13)17-15(19)11-6-4-7-12(10(11)2)18(20)21/h4-9H,3H2,1-2H3,(H,16,17,19). The van der Waals surface area contributed by atoms with Gasteiger partial charge in [0.05, 0.1) is 11.5 Å². The summed E-state index contributed by atoms with van der Waals surface area (Å²) < 4.78 is 5.38. The third kappa shape index (κ3) is 3.20. The molecule has 114 valence electrons. The Morgan fingerprint density at radius 2 is 2.14 bits per heavy atom. The molecule has 7 nitrogen and oxygen atoms in total. The largest absolute Gasteiger partial charge is 0.490 e. The first-order valence-electron chi connectivity index (χ1n) is 6.67. The average Bonchev–Trinajstić information content (AvgIpc) is 2.49. The fourth-order valence-electron chi connectivity index (χ4n) is 2.00. The molecule has 22 heavy (non-hydrogen) atoms. The molecule has 0 aliphatic carbocycles. The zero-order valence-electron chi connectivity index (χ0n) is 12.2. The molecular weight excluding hydrogens is 286 g/mol. The smallest absolute Gasteiger partial charge is 0.273 e. The second-order valence-corrected chi connectivity index (χ2v) is 4.44. The highest BCUT2D eigenvalue weighted by atomic mass is 16.6. The van der Waals surface area contributed by atoms with Gasteiger partial charge in [-0.2, -0.15) is 0 Å². The summed E-state index contributed by atoms with van der Waals surface area (Å²) in [5, 5.41) is 13.6. The summed E-state index contributed by atoms with van der Waals surface area (Å²) in [6.07, 6.45) is 1.53. The number of aromatic nitrogens is 1. The van der Waals surface area contributed by atoms with Gasteiger partial charge < -0.3 is 10.1 Å². The minimum absolute atomic E-state index is 0.0984. The number of nitrogens with one attached hydrogen (secondary N) is 1. The van der Waals surface area contributed by atoms with Crippen molar-refractivity contribution in [3.05, 3.63) is 57.8 Å². The minimum atomic E-state index is -0.515. The number of nitrogens with zero attached hydrogens (tertiary/aromatic N) is 2. The van der Waals surface area contributed by atoms with E-state index in [1.807, 2.05) is 6.92 Å². The summed E-state index contributed by atoms with van der Waals surface area (Å²) >= 11 is 0. The molecule has 0 atom stereocenters. The first-order chi connectivity index (χ1) is 10.5. The lowest BCUT2D eigenvalue weighted by atomic mass is 10.1. The Morgan fingerprint density at radius 1 is 1.36 bits per heavy atom. The molecule has 0 bridgehead atoms. The van der Waals surface area contributed by atoms with Gasteiger partial charge in [0.2, 0.25) is 0 Å². The highest BCUT2D eigenvalue weighted by molar-refractivity contribution is 6.06. The third-order valence-corrected chi connectivity index (χ3v) is 3.05. The van der Waals surface area contributed by atoms with E-state index in [0.717, 1.165) is 0 Å². The van der Waals surface area contributed by atoms with E-state index in [0.29, 0.717) is 17.9 Å². The molecular formula is C15H15N3O4. The number of carbonyl (C=O) groups is 1. The number of benzene rings is 1. The zero-order chi connectivity index (χ0) is 16.1. The molecule has 0 fully saturated rings. The van der Waals surface area contributed by atoms with Gasteiger partial charge in [-0.1, -0.05) is 6.07 Å². The Labute approximate surface area is 127 Å². The SMILES string of the molecule is CCOc1cccnc1NC(=O)c1cccc([N+](=O)[O-])c1C. The van der Waals surface area contributed by atoms with E-state index < -0.39 is 10.8 Å². The van der Waals surface area contributed by atoms with Crippen LogP contribution in [-0.4, -0.2) is 22.4 Å². The van der Waals surface area contributed by atoms with Crippen LogP contribution in [0.1, 0.15) is 22.8 Å². The Kier molecular flexibility index (Phi) is 4.67. The second-order valence-electron chi connectivity index (χ2n) is 4.44. The average molecular weight is 301 g/mol. The normalized spacial score (nSPS) is 10.1. The monoisotopic (exact) mass is 301 g/mol. The molecule has 0 spiro atoms. The van der Waals surface area contributed by atoms with Crippen LogP contribution in [0.15, 0.2) is 36.5 Å². The van der Waals surface area contributed by atoms with Crippen molar-refractivity contribution >= 4 is 17.4 Å². The van der Waals surface area contributed by atoms with Gasteiger partial charge in [-0.25, -0.2) is 4.98 Å². The van der Waals surface area contributed by atoms with Crippen molar-refractivity contribution in [2.45, 2.75) is 13.8 Å². The summed E-state index contributed by atoms with van der Waals surface area (Å²) in [5.41, 5.74) is 0.430. The summed E-state index contributed by atoms with van der Waals surface area (Å²) in [4.78, 5) is 26.8. The Morgan fingerprint density at radius 3 is 2.82 bits per heavy atom. The predicted molar refractivity (Wildman–Crippen MR) is 81.2 cm³/mol. The van der Waals surface area contributed by atoms with Crippen LogP contribution in [-0.2, 0) is 0 Å². The molecule has 1 amide bonds. The topological polar surface area (TPSA) is 94.4 Å². The van der Waals surface area contributed by atoms with Crippen LogP contribution < -0.4 is 10.1 Å². The van der Waals surface area contributed by atoms with Gasteiger partial charge >= 0.3 is 0 Å². The number of hydrogen-bond donors (Lipinski definition) is 1. The van der Waals surface area contributed by atoms with Crippen LogP contribution in [0, 0.1) is 17.0 Å². The molecule has 0 aliphatic rings. The Hall–Kier alpha value is -2.96. The molecule has 1 aromatic carbocycles. The van der Waals surface area contributed by atoms with E-state index >= 15 is 0 Å². The number of nitro benzene ring substituents is 1. The van der Waals surface area contributed by atoms with E-state index in [4.69, 9.17) is 4.74 Å². The van der Waals surface area contributed by atoms with Crippen LogP contribution in [0.2, 0.25) is 0 Å². The molecule has 1 aromatic heterocycles.